The number of methoxy groups -OCH3 is 1. The van der Waals surface area contributed by atoms with Crippen LogP contribution in [0.5, 0.6) is 5.75 Å². The van der Waals surface area contributed by atoms with E-state index in [-0.39, 0.29) is 11.7 Å². The molecule has 5 heteroatoms. The molecule has 0 unspecified atom stereocenters. The van der Waals surface area contributed by atoms with Crippen LogP contribution in [0.25, 0.3) is 0 Å². The zero-order valence-corrected chi connectivity index (χ0v) is 11.4. The maximum absolute atomic E-state index is 13.6. The molecular formula is C13H19FN2O2. The highest BCUT2D eigenvalue weighted by Gasteiger charge is 2.29. The molecule has 0 atom stereocenters. The standard InChI is InChI=1S/C13H19FN2O2/c1-13(2,15-3)12(17)16(4)9-6-7-11(18-5)10(14)8-9/h6-8,15H,1-5H3. The normalized spacial score (nSPS) is 11.2. The number of anilines is 1. The van der Waals surface area contributed by atoms with Crippen molar-refractivity contribution < 1.29 is 13.9 Å². The van der Waals surface area contributed by atoms with Gasteiger partial charge in [-0.25, -0.2) is 4.39 Å². The Kier molecular flexibility index (Phi) is 4.29. The number of halogens is 1. The van der Waals surface area contributed by atoms with Gasteiger partial charge in [0.05, 0.1) is 12.6 Å². The monoisotopic (exact) mass is 254 g/mol. The van der Waals surface area contributed by atoms with Crippen molar-refractivity contribution in [1.29, 1.82) is 0 Å². The first-order valence-corrected chi connectivity index (χ1v) is 5.64. The Morgan fingerprint density at radius 3 is 2.50 bits per heavy atom. The van der Waals surface area contributed by atoms with Gasteiger partial charge in [0.15, 0.2) is 11.6 Å². The summed E-state index contributed by atoms with van der Waals surface area (Å²) < 4.78 is 18.4. The summed E-state index contributed by atoms with van der Waals surface area (Å²) in [5.74, 6) is -0.473. The number of nitrogens with zero attached hydrogens (tertiary/aromatic N) is 1. The van der Waals surface area contributed by atoms with E-state index in [0.717, 1.165) is 0 Å². The molecule has 4 nitrogen and oxygen atoms in total. The van der Waals surface area contributed by atoms with Gasteiger partial charge in [-0.2, -0.15) is 0 Å². The summed E-state index contributed by atoms with van der Waals surface area (Å²) in [7, 11) is 4.72. The molecule has 0 bridgehead atoms. The van der Waals surface area contributed by atoms with Crippen molar-refractivity contribution in [3.05, 3.63) is 24.0 Å². The van der Waals surface area contributed by atoms with Crippen LogP contribution in [0.2, 0.25) is 0 Å². The van der Waals surface area contributed by atoms with E-state index in [2.05, 4.69) is 5.32 Å². The molecule has 1 amide bonds. The summed E-state index contributed by atoms with van der Waals surface area (Å²) in [5, 5.41) is 2.92. The van der Waals surface area contributed by atoms with Crippen LogP contribution < -0.4 is 15.0 Å². The number of rotatable bonds is 4. The van der Waals surface area contributed by atoms with Gasteiger partial charge in [-0.05, 0) is 33.0 Å². The third-order valence-electron chi connectivity index (χ3n) is 2.99. The number of carbonyl (C=O) groups is 1. The van der Waals surface area contributed by atoms with Crippen LogP contribution in [0.3, 0.4) is 0 Å². The zero-order chi connectivity index (χ0) is 13.9. The average molecular weight is 254 g/mol. The van der Waals surface area contributed by atoms with Crippen molar-refractivity contribution in [3.8, 4) is 5.75 Å². The fourth-order valence-electron chi connectivity index (χ4n) is 1.51. The Labute approximate surface area is 107 Å². The van der Waals surface area contributed by atoms with Crippen molar-refractivity contribution in [2.45, 2.75) is 19.4 Å². The van der Waals surface area contributed by atoms with Crippen LogP contribution >= 0.6 is 0 Å². The number of amides is 1. The number of hydrogen-bond acceptors (Lipinski definition) is 3. The lowest BCUT2D eigenvalue weighted by molar-refractivity contribution is -0.123. The molecule has 1 aromatic rings. The Bertz CT molecular complexity index is 447. The molecule has 0 fully saturated rings. The Balaban J connectivity index is 3.01. The summed E-state index contributed by atoms with van der Waals surface area (Å²) in [4.78, 5) is 13.6. The minimum absolute atomic E-state index is 0.144. The number of hydrogen-bond donors (Lipinski definition) is 1. The average Bonchev–Trinajstić information content (AvgIpc) is 2.36. The van der Waals surface area contributed by atoms with Crippen LogP contribution in [0, 0.1) is 5.82 Å². The maximum atomic E-state index is 13.6. The molecule has 18 heavy (non-hydrogen) atoms. The Morgan fingerprint density at radius 2 is 2.06 bits per heavy atom. The summed E-state index contributed by atoms with van der Waals surface area (Å²) in [6.45, 7) is 3.54. The van der Waals surface area contributed by atoms with Gasteiger partial charge in [0, 0.05) is 18.8 Å². The molecule has 1 rings (SSSR count). The number of likely N-dealkylation sites (N-methyl/N-ethyl adjacent to an activating group) is 2. The van der Waals surface area contributed by atoms with E-state index in [1.165, 1.54) is 24.1 Å². The SMILES string of the molecule is CNC(C)(C)C(=O)N(C)c1ccc(OC)c(F)c1. The highest BCUT2D eigenvalue weighted by Crippen LogP contribution is 2.24. The van der Waals surface area contributed by atoms with Gasteiger partial charge in [0.1, 0.15) is 0 Å². The van der Waals surface area contributed by atoms with Gasteiger partial charge >= 0.3 is 0 Å². The number of ether oxygens (including phenoxy) is 1. The van der Waals surface area contributed by atoms with Crippen LogP contribution in [-0.4, -0.2) is 32.7 Å². The number of nitrogens with one attached hydrogen (secondary N) is 1. The van der Waals surface area contributed by atoms with Crippen molar-refractivity contribution >= 4 is 11.6 Å². The molecule has 1 aromatic carbocycles. The minimum Gasteiger partial charge on any atom is -0.494 e. The van der Waals surface area contributed by atoms with Crippen molar-refractivity contribution in [2.24, 2.45) is 0 Å². The predicted molar refractivity (Wildman–Crippen MR) is 69.5 cm³/mol. The third kappa shape index (κ3) is 2.79. The smallest absolute Gasteiger partial charge is 0.246 e. The van der Waals surface area contributed by atoms with Crippen molar-refractivity contribution in [3.63, 3.8) is 0 Å². The zero-order valence-electron chi connectivity index (χ0n) is 11.4. The van der Waals surface area contributed by atoms with E-state index < -0.39 is 11.4 Å². The van der Waals surface area contributed by atoms with E-state index in [1.807, 2.05) is 0 Å². The van der Waals surface area contributed by atoms with Gasteiger partial charge in [-0.3, -0.25) is 4.79 Å². The quantitative estimate of drug-likeness (QED) is 0.890. The summed E-state index contributed by atoms with van der Waals surface area (Å²) in [6.07, 6.45) is 0. The lowest BCUT2D eigenvalue weighted by Gasteiger charge is -2.29. The predicted octanol–water partition coefficient (Wildman–Crippen LogP) is 1.80. The van der Waals surface area contributed by atoms with E-state index in [1.54, 1.807) is 34.0 Å². The lowest BCUT2D eigenvalue weighted by atomic mass is 10.0. The van der Waals surface area contributed by atoms with Gasteiger partial charge in [0.25, 0.3) is 0 Å². The molecule has 0 aliphatic rings. The van der Waals surface area contributed by atoms with Crippen LogP contribution in [0.15, 0.2) is 18.2 Å². The second kappa shape index (κ2) is 5.35. The first-order valence-electron chi connectivity index (χ1n) is 5.64. The third-order valence-corrected chi connectivity index (χ3v) is 2.99. The second-order valence-electron chi connectivity index (χ2n) is 4.56. The Hall–Kier alpha value is -1.62. The first-order chi connectivity index (χ1) is 8.33. The fourth-order valence-corrected chi connectivity index (χ4v) is 1.51. The molecule has 0 saturated carbocycles. The van der Waals surface area contributed by atoms with E-state index in [9.17, 15) is 9.18 Å². The maximum Gasteiger partial charge on any atom is 0.246 e. The van der Waals surface area contributed by atoms with Crippen LogP contribution in [-0.2, 0) is 4.79 Å². The van der Waals surface area contributed by atoms with E-state index in [4.69, 9.17) is 4.74 Å². The van der Waals surface area contributed by atoms with E-state index in [0.29, 0.717) is 5.69 Å². The number of carbonyl (C=O) groups excluding carboxylic acids is 1. The van der Waals surface area contributed by atoms with Gasteiger partial charge in [-0.15, -0.1) is 0 Å². The highest BCUT2D eigenvalue weighted by atomic mass is 19.1. The Morgan fingerprint density at radius 1 is 1.44 bits per heavy atom. The lowest BCUT2D eigenvalue weighted by Crippen LogP contribution is -2.51. The van der Waals surface area contributed by atoms with Gasteiger partial charge < -0.3 is 15.0 Å². The summed E-state index contributed by atoms with van der Waals surface area (Å²) >= 11 is 0. The first kappa shape index (κ1) is 14.4. The van der Waals surface area contributed by atoms with Crippen molar-refractivity contribution in [1.82, 2.24) is 5.32 Å². The molecular weight excluding hydrogens is 235 g/mol. The molecule has 0 radical (unpaired) electrons. The number of benzene rings is 1. The molecule has 0 saturated heterocycles. The summed E-state index contributed by atoms with van der Waals surface area (Å²) in [5.41, 5.74) is -0.216. The van der Waals surface area contributed by atoms with Crippen LogP contribution in [0.4, 0.5) is 10.1 Å². The summed E-state index contributed by atoms with van der Waals surface area (Å²) in [6, 6.07) is 4.43. The van der Waals surface area contributed by atoms with E-state index >= 15 is 0 Å². The van der Waals surface area contributed by atoms with Crippen molar-refractivity contribution in [2.75, 3.05) is 26.1 Å². The topological polar surface area (TPSA) is 41.6 Å². The molecule has 100 valence electrons. The second-order valence-corrected chi connectivity index (χ2v) is 4.56. The van der Waals surface area contributed by atoms with Gasteiger partial charge in [-0.1, -0.05) is 0 Å². The minimum atomic E-state index is -0.703. The molecule has 0 spiro atoms. The molecule has 0 aliphatic heterocycles. The molecule has 0 heterocycles. The largest absolute Gasteiger partial charge is 0.494 e. The highest BCUT2D eigenvalue weighted by molar-refractivity contribution is 5.99. The fraction of sp³-hybridized carbons (Fsp3) is 0.462. The molecule has 0 aromatic heterocycles. The van der Waals surface area contributed by atoms with Crippen LogP contribution in [0.1, 0.15) is 13.8 Å². The molecule has 0 aliphatic carbocycles. The molecule has 1 N–H and O–H groups in total. The van der Waals surface area contributed by atoms with Gasteiger partial charge in [0.2, 0.25) is 5.91 Å².